The molecule has 2 N–H and O–H groups in total. The molecule has 0 amide bonds. The zero-order valence-electron chi connectivity index (χ0n) is 15.2. The summed E-state index contributed by atoms with van der Waals surface area (Å²) in [6, 6.07) is 14.1. The Kier molecular flexibility index (Phi) is 5.58. The highest BCUT2D eigenvalue weighted by Gasteiger charge is 2.18. The Morgan fingerprint density at radius 1 is 1.11 bits per heavy atom. The van der Waals surface area contributed by atoms with Gasteiger partial charge in [-0.3, -0.25) is 9.52 Å². The summed E-state index contributed by atoms with van der Waals surface area (Å²) in [5, 5.41) is 0.543. The van der Waals surface area contributed by atoms with Crippen molar-refractivity contribution < 1.29 is 17.6 Å². The van der Waals surface area contributed by atoms with Crippen molar-refractivity contribution in [2.24, 2.45) is 0 Å². The number of aromatic nitrogens is 1. The van der Waals surface area contributed by atoms with E-state index in [4.69, 9.17) is 11.6 Å². The first kappa shape index (κ1) is 20.1. The lowest BCUT2D eigenvalue weighted by atomic mass is 9.97. The van der Waals surface area contributed by atoms with E-state index in [1.807, 2.05) is 0 Å². The van der Waals surface area contributed by atoms with Crippen molar-refractivity contribution in [2.45, 2.75) is 12.8 Å². The van der Waals surface area contributed by atoms with E-state index in [9.17, 15) is 17.6 Å². The van der Waals surface area contributed by atoms with Gasteiger partial charge in [-0.05, 0) is 54.1 Å². The zero-order chi connectivity index (χ0) is 20.5. The Labute approximate surface area is 167 Å². The molecule has 0 bridgehead atoms. The molecule has 1 unspecified atom stereocenters. The molecule has 0 saturated carbocycles. The maximum Gasteiger partial charge on any atom is 0.229 e. The van der Waals surface area contributed by atoms with Crippen molar-refractivity contribution >= 4 is 33.1 Å². The van der Waals surface area contributed by atoms with Gasteiger partial charge in [0.1, 0.15) is 5.82 Å². The fourth-order valence-electron chi connectivity index (χ4n) is 2.88. The number of ketones is 1. The molecule has 0 saturated heterocycles. The fraction of sp³-hybridized carbons (Fsp3) is 0.150. The quantitative estimate of drug-likeness (QED) is 0.573. The molecule has 5 nitrogen and oxygen atoms in total. The summed E-state index contributed by atoms with van der Waals surface area (Å²) in [5.41, 5.74) is 2.08. The van der Waals surface area contributed by atoms with Crippen LogP contribution in [0.25, 0.3) is 0 Å². The summed E-state index contributed by atoms with van der Waals surface area (Å²) in [6.07, 6.45) is 1.000. The molecule has 3 rings (SSSR count). The second-order valence-electron chi connectivity index (χ2n) is 6.50. The molecule has 1 heterocycles. The SMILES string of the molecule is CC(c1ccc(C(=O)c2ccc(Cl)cc2)[nH]1)c1ccc(NS(C)(=O)=O)cc1F. The van der Waals surface area contributed by atoms with E-state index in [0.717, 1.165) is 12.3 Å². The van der Waals surface area contributed by atoms with Gasteiger partial charge in [0.2, 0.25) is 15.8 Å². The molecule has 0 aliphatic heterocycles. The van der Waals surface area contributed by atoms with Crippen LogP contribution in [0.5, 0.6) is 0 Å². The van der Waals surface area contributed by atoms with Crippen LogP contribution in [0.4, 0.5) is 10.1 Å². The minimum atomic E-state index is -3.48. The summed E-state index contributed by atoms with van der Waals surface area (Å²) < 4.78 is 39.3. The normalized spacial score (nSPS) is 12.6. The number of hydrogen-bond donors (Lipinski definition) is 2. The largest absolute Gasteiger partial charge is 0.355 e. The van der Waals surface area contributed by atoms with Crippen LogP contribution in [0.3, 0.4) is 0 Å². The van der Waals surface area contributed by atoms with Crippen LogP contribution in [0, 0.1) is 5.82 Å². The predicted octanol–water partition coefficient (Wildman–Crippen LogP) is 4.56. The minimum Gasteiger partial charge on any atom is -0.355 e. The number of nitrogens with one attached hydrogen (secondary N) is 2. The molecule has 3 aromatic rings. The van der Waals surface area contributed by atoms with Gasteiger partial charge >= 0.3 is 0 Å². The number of hydrogen-bond acceptors (Lipinski definition) is 3. The molecule has 8 heteroatoms. The Hall–Kier alpha value is -2.64. The number of carbonyl (C=O) groups is 1. The van der Waals surface area contributed by atoms with Gasteiger partial charge in [-0.25, -0.2) is 12.8 Å². The summed E-state index contributed by atoms with van der Waals surface area (Å²) in [4.78, 5) is 15.6. The van der Waals surface area contributed by atoms with Gasteiger partial charge in [-0.15, -0.1) is 0 Å². The van der Waals surface area contributed by atoms with E-state index in [1.54, 1.807) is 43.3 Å². The molecule has 0 radical (unpaired) electrons. The van der Waals surface area contributed by atoms with E-state index in [1.165, 1.54) is 12.1 Å². The molecule has 0 fully saturated rings. The number of H-pyrrole nitrogens is 1. The van der Waals surface area contributed by atoms with Gasteiger partial charge in [-0.2, -0.15) is 0 Å². The van der Waals surface area contributed by atoms with Crippen LogP contribution < -0.4 is 4.72 Å². The zero-order valence-corrected chi connectivity index (χ0v) is 16.7. The van der Waals surface area contributed by atoms with E-state index in [0.29, 0.717) is 27.5 Å². The van der Waals surface area contributed by atoms with E-state index >= 15 is 0 Å². The van der Waals surface area contributed by atoms with Gasteiger partial charge < -0.3 is 4.98 Å². The van der Waals surface area contributed by atoms with Gasteiger partial charge in [0.05, 0.1) is 17.6 Å². The number of aromatic amines is 1. The molecular weight excluding hydrogens is 403 g/mol. The van der Waals surface area contributed by atoms with Crippen molar-refractivity contribution in [2.75, 3.05) is 11.0 Å². The Morgan fingerprint density at radius 3 is 2.39 bits per heavy atom. The van der Waals surface area contributed by atoms with Crippen molar-refractivity contribution in [3.05, 3.63) is 88.0 Å². The third kappa shape index (κ3) is 4.61. The van der Waals surface area contributed by atoms with E-state index in [-0.39, 0.29) is 17.4 Å². The first-order valence-corrected chi connectivity index (χ1v) is 10.7. The molecule has 1 aromatic heterocycles. The number of halogens is 2. The lowest BCUT2D eigenvalue weighted by Gasteiger charge is -2.13. The first-order chi connectivity index (χ1) is 13.1. The highest BCUT2D eigenvalue weighted by atomic mass is 35.5. The van der Waals surface area contributed by atoms with Crippen LogP contribution in [0.2, 0.25) is 5.02 Å². The van der Waals surface area contributed by atoms with Crippen LogP contribution in [-0.4, -0.2) is 25.4 Å². The van der Waals surface area contributed by atoms with Gasteiger partial charge in [0.15, 0.2) is 0 Å². The van der Waals surface area contributed by atoms with E-state index in [2.05, 4.69) is 9.71 Å². The second kappa shape index (κ2) is 7.77. The second-order valence-corrected chi connectivity index (χ2v) is 8.68. The molecule has 28 heavy (non-hydrogen) atoms. The van der Waals surface area contributed by atoms with E-state index < -0.39 is 15.8 Å². The average Bonchev–Trinajstić information content (AvgIpc) is 3.10. The Bertz CT molecular complexity index is 1120. The van der Waals surface area contributed by atoms with Crippen molar-refractivity contribution in [1.82, 2.24) is 4.98 Å². The highest BCUT2D eigenvalue weighted by molar-refractivity contribution is 7.92. The standard InChI is InChI=1S/C20H18ClFN2O3S/c1-12(16-8-7-15(11-17(16)22)24-28(2,26)27)18-9-10-19(23-18)20(25)13-3-5-14(21)6-4-13/h3-12,23-24H,1-2H3. The minimum absolute atomic E-state index is 0.154. The topological polar surface area (TPSA) is 79.0 Å². The Balaban J connectivity index is 1.83. The third-order valence-electron chi connectivity index (χ3n) is 4.30. The van der Waals surface area contributed by atoms with Crippen LogP contribution in [0.1, 0.15) is 40.2 Å². The highest BCUT2D eigenvalue weighted by Crippen LogP contribution is 2.28. The smallest absolute Gasteiger partial charge is 0.229 e. The number of benzene rings is 2. The van der Waals surface area contributed by atoms with Crippen molar-refractivity contribution in [3.63, 3.8) is 0 Å². The maximum absolute atomic E-state index is 14.5. The number of sulfonamides is 1. The van der Waals surface area contributed by atoms with Crippen molar-refractivity contribution in [1.29, 1.82) is 0 Å². The molecular formula is C20H18ClFN2O3S. The van der Waals surface area contributed by atoms with Crippen molar-refractivity contribution in [3.8, 4) is 0 Å². The van der Waals surface area contributed by atoms with Gasteiger partial charge in [0, 0.05) is 22.2 Å². The molecule has 0 aliphatic carbocycles. The summed E-state index contributed by atoms with van der Waals surface area (Å²) >= 11 is 5.84. The Morgan fingerprint density at radius 2 is 1.79 bits per heavy atom. The number of carbonyl (C=O) groups excluding carboxylic acids is 1. The summed E-state index contributed by atoms with van der Waals surface area (Å²) in [5.74, 6) is -1.09. The van der Waals surface area contributed by atoms with Crippen LogP contribution in [0.15, 0.2) is 54.6 Å². The van der Waals surface area contributed by atoms with Crippen LogP contribution >= 0.6 is 11.6 Å². The van der Waals surface area contributed by atoms with Crippen LogP contribution in [-0.2, 0) is 10.0 Å². The lowest BCUT2D eigenvalue weighted by Crippen LogP contribution is -2.10. The maximum atomic E-state index is 14.5. The molecule has 0 spiro atoms. The molecule has 2 aromatic carbocycles. The third-order valence-corrected chi connectivity index (χ3v) is 5.15. The number of rotatable bonds is 6. The lowest BCUT2D eigenvalue weighted by molar-refractivity contribution is 0.103. The monoisotopic (exact) mass is 420 g/mol. The van der Waals surface area contributed by atoms with Gasteiger partial charge in [0.25, 0.3) is 0 Å². The van der Waals surface area contributed by atoms with Gasteiger partial charge in [-0.1, -0.05) is 24.6 Å². The number of anilines is 1. The summed E-state index contributed by atoms with van der Waals surface area (Å²) in [6.45, 7) is 1.80. The average molecular weight is 421 g/mol. The first-order valence-electron chi connectivity index (χ1n) is 8.40. The molecule has 146 valence electrons. The summed E-state index contributed by atoms with van der Waals surface area (Å²) in [7, 11) is -3.48. The fourth-order valence-corrected chi connectivity index (χ4v) is 3.56. The molecule has 1 atom stereocenters. The molecule has 0 aliphatic rings. The predicted molar refractivity (Wildman–Crippen MR) is 108 cm³/mol.